The second-order valence-corrected chi connectivity index (χ2v) is 5.72. The Hall–Kier alpha value is -0.940. The van der Waals surface area contributed by atoms with E-state index in [0.29, 0.717) is 0 Å². The predicted octanol–water partition coefficient (Wildman–Crippen LogP) is 3.25. The molecule has 1 heterocycles. The molecule has 0 spiro atoms. The first-order chi connectivity index (χ1) is 7.63. The number of thiazole rings is 1. The Kier molecular flexibility index (Phi) is 3.25. The lowest BCUT2D eigenvalue weighted by Gasteiger charge is -2.09. The molecule has 0 saturated carbocycles. The van der Waals surface area contributed by atoms with Crippen molar-refractivity contribution in [2.75, 3.05) is 6.61 Å². The van der Waals surface area contributed by atoms with Crippen LogP contribution in [0.15, 0.2) is 9.98 Å². The quantitative estimate of drug-likeness (QED) is 0.817. The predicted molar refractivity (Wildman–Crippen MR) is 68.4 cm³/mol. The monoisotopic (exact) mass is 299 g/mol. The molecule has 0 aliphatic rings. The number of carbonyl (C=O) groups excluding carboxylic acids is 1. The number of benzene rings is 1. The highest BCUT2D eigenvalue weighted by molar-refractivity contribution is 9.11. The van der Waals surface area contributed by atoms with Crippen molar-refractivity contribution in [3.05, 3.63) is 21.1 Å². The highest BCUT2D eigenvalue weighted by Gasteiger charge is 2.11. The number of halogens is 1. The third-order valence-electron chi connectivity index (χ3n) is 2.48. The van der Waals surface area contributed by atoms with E-state index >= 15 is 0 Å². The molecule has 0 aliphatic carbocycles. The summed E-state index contributed by atoms with van der Waals surface area (Å²) >= 11 is 4.93. The molecule has 0 unspecified atom stereocenters. The molecule has 84 valence electrons. The van der Waals surface area contributed by atoms with E-state index in [-0.39, 0.29) is 6.61 Å². The molecular weight excluding hydrogens is 290 g/mol. The molecule has 3 nitrogen and oxygen atoms in total. The summed E-state index contributed by atoms with van der Waals surface area (Å²) in [7, 11) is 0. The molecule has 1 aromatic carbocycles. The van der Waals surface area contributed by atoms with Crippen LogP contribution in [-0.4, -0.2) is 17.9 Å². The maximum Gasteiger partial charge on any atom is 0.160 e. The normalized spacial score (nSPS) is 10.7. The average molecular weight is 300 g/mol. The summed E-state index contributed by atoms with van der Waals surface area (Å²) in [5.74, 6) is 0.758. The van der Waals surface area contributed by atoms with Crippen molar-refractivity contribution in [3.63, 3.8) is 0 Å². The van der Waals surface area contributed by atoms with Crippen LogP contribution in [-0.2, 0) is 4.79 Å². The van der Waals surface area contributed by atoms with Gasteiger partial charge in [0.15, 0.2) is 10.2 Å². The fourth-order valence-electron chi connectivity index (χ4n) is 1.53. The Labute approximate surface area is 106 Å². The van der Waals surface area contributed by atoms with Crippen molar-refractivity contribution in [1.29, 1.82) is 0 Å². The Morgan fingerprint density at radius 1 is 1.50 bits per heavy atom. The molecule has 0 radical (unpaired) electrons. The number of ether oxygens (including phenoxy) is 1. The van der Waals surface area contributed by atoms with Crippen molar-refractivity contribution in [3.8, 4) is 5.75 Å². The molecule has 2 rings (SSSR count). The van der Waals surface area contributed by atoms with Crippen LogP contribution < -0.4 is 4.74 Å². The van der Waals surface area contributed by atoms with Crippen LogP contribution >= 0.6 is 27.3 Å². The van der Waals surface area contributed by atoms with E-state index in [1.54, 1.807) is 11.3 Å². The van der Waals surface area contributed by atoms with Crippen LogP contribution in [0.1, 0.15) is 11.1 Å². The minimum absolute atomic E-state index is 0.0890. The number of carbonyl (C=O) groups is 1. The van der Waals surface area contributed by atoms with Gasteiger partial charge in [0.2, 0.25) is 0 Å². The standard InChI is InChI=1S/C11H10BrNO2S/c1-6-7(2)10-9(16-11(12)13-10)5-8(6)15-4-3-14/h3,5H,4H2,1-2H3. The summed E-state index contributed by atoms with van der Waals surface area (Å²) in [5, 5.41) is 0. The van der Waals surface area contributed by atoms with E-state index in [4.69, 9.17) is 4.74 Å². The number of aldehydes is 1. The number of nitrogens with zero attached hydrogens (tertiary/aromatic N) is 1. The second kappa shape index (κ2) is 4.51. The first-order valence-electron chi connectivity index (χ1n) is 4.76. The summed E-state index contributed by atoms with van der Waals surface area (Å²) in [4.78, 5) is 14.7. The lowest BCUT2D eigenvalue weighted by atomic mass is 10.1. The van der Waals surface area contributed by atoms with E-state index < -0.39 is 0 Å². The summed E-state index contributed by atoms with van der Waals surface area (Å²) in [6.45, 7) is 4.07. The zero-order valence-corrected chi connectivity index (χ0v) is 11.3. The van der Waals surface area contributed by atoms with Crippen LogP contribution in [0.2, 0.25) is 0 Å². The van der Waals surface area contributed by atoms with Crippen LogP contribution in [0.3, 0.4) is 0 Å². The highest BCUT2D eigenvalue weighted by Crippen LogP contribution is 2.34. The largest absolute Gasteiger partial charge is 0.486 e. The smallest absolute Gasteiger partial charge is 0.160 e. The van der Waals surface area contributed by atoms with Crippen molar-refractivity contribution in [2.24, 2.45) is 0 Å². The van der Waals surface area contributed by atoms with E-state index in [1.807, 2.05) is 19.9 Å². The van der Waals surface area contributed by atoms with Gasteiger partial charge in [-0.25, -0.2) is 4.98 Å². The summed E-state index contributed by atoms with van der Waals surface area (Å²) in [5.41, 5.74) is 3.13. The molecule has 0 saturated heterocycles. The average Bonchev–Trinajstić information content (AvgIpc) is 2.62. The molecule has 0 N–H and O–H groups in total. The zero-order chi connectivity index (χ0) is 11.7. The van der Waals surface area contributed by atoms with E-state index in [2.05, 4.69) is 20.9 Å². The molecule has 0 atom stereocenters. The minimum Gasteiger partial charge on any atom is -0.486 e. The van der Waals surface area contributed by atoms with Crippen molar-refractivity contribution >= 4 is 43.8 Å². The summed E-state index contributed by atoms with van der Waals surface area (Å²) in [6.07, 6.45) is 0.752. The van der Waals surface area contributed by atoms with Gasteiger partial charge in [-0.2, -0.15) is 0 Å². The van der Waals surface area contributed by atoms with Gasteiger partial charge in [0.05, 0.1) is 10.2 Å². The van der Waals surface area contributed by atoms with Gasteiger partial charge in [-0.15, -0.1) is 11.3 Å². The third kappa shape index (κ3) is 1.97. The Bertz CT molecular complexity index is 550. The number of rotatable bonds is 3. The number of hydrogen-bond acceptors (Lipinski definition) is 4. The fraction of sp³-hybridized carbons (Fsp3) is 0.273. The molecule has 16 heavy (non-hydrogen) atoms. The second-order valence-electron chi connectivity index (χ2n) is 3.42. The van der Waals surface area contributed by atoms with Gasteiger partial charge in [0, 0.05) is 0 Å². The number of aromatic nitrogens is 1. The van der Waals surface area contributed by atoms with Crippen LogP contribution in [0.5, 0.6) is 5.75 Å². The van der Waals surface area contributed by atoms with Gasteiger partial charge >= 0.3 is 0 Å². The first-order valence-corrected chi connectivity index (χ1v) is 6.37. The SMILES string of the molecule is Cc1c(OCC=O)cc2sc(Br)nc2c1C. The summed E-state index contributed by atoms with van der Waals surface area (Å²) < 4.78 is 7.30. The van der Waals surface area contributed by atoms with Crippen molar-refractivity contribution in [2.45, 2.75) is 13.8 Å². The van der Waals surface area contributed by atoms with Crippen LogP contribution in [0.25, 0.3) is 10.2 Å². The van der Waals surface area contributed by atoms with Gasteiger partial charge in [0.1, 0.15) is 12.4 Å². The van der Waals surface area contributed by atoms with Gasteiger partial charge in [-0.3, -0.25) is 4.79 Å². The minimum atomic E-state index is 0.0890. The lowest BCUT2D eigenvalue weighted by molar-refractivity contribution is -0.109. The van der Waals surface area contributed by atoms with Crippen LogP contribution in [0.4, 0.5) is 0 Å². The van der Waals surface area contributed by atoms with Crippen LogP contribution in [0, 0.1) is 13.8 Å². The molecule has 0 aliphatic heterocycles. The fourth-order valence-corrected chi connectivity index (χ4v) is 3.02. The lowest BCUT2D eigenvalue weighted by Crippen LogP contribution is -2.00. The van der Waals surface area contributed by atoms with Gasteiger partial charge in [-0.05, 0) is 47.0 Å². The maximum absolute atomic E-state index is 10.3. The van der Waals surface area contributed by atoms with E-state index in [9.17, 15) is 4.79 Å². The summed E-state index contributed by atoms with van der Waals surface area (Å²) in [6, 6.07) is 1.93. The number of aryl methyl sites for hydroxylation is 1. The number of hydrogen-bond donors (Lipinski definition) is 0. The Morgan fingerprint density at radius 2 is 2.25 bits per heavy atom. The number of fused-ring (bicyclic) bond motifs is 1. The molecule has 0 bridgehead atoms. The van der Waals surface area contributed by atoms with Crippen molar-refractivity contribution < 1.29 is 9.53 Å². The maximum atomic E-state index is 10.3. The van der Waals surface area contributed by atoms with E-state index in [0.717, 1.165) is 37.3 Å². The molecule has 0 fully saturated rings. The Balaban J connectivity index is 2.58. The topological polar surface area (TPSA) is 39.2 Å². The van der Waals surface area contributed by atoms with Gasteiger partial charge < -0.3 is 4.74 Å². The molecule has 0 amide bonds. The van der Waals surface area contributed by atoms with E-state index in [1.165, 1.54) is 0 Å². The third-order valence-corrected chi connectivity index (χ3v) is 3.94. The Morgan fingerprint density at radius 3 is 2.94 bits per heavy atom. The zero-order valence-electron chi connectivity index (χ0n) is 8.91. The molecule has 1 aromatic heterocycles. The van der Waals surface area contributed by atoms with Gasteiger partial charge in [0.25, 0.3) is 0 Å². The van der Waals surface area contributed by atoms with Crippen molar-refractivity contribution in [1.82, 2.24) is 4.98 Å². The molecule has 5 heteroatoms. The van der Waals surface area contributed by atoms with Gasteiger partial charge in [-0.1, -0.05) is 0 Å². The highest BCUT2D eigenvalue weighted by atomic mass is 79.9. The molecule has 2 aromatic rings. The molecular formula is C11H10BrNO2S. The first kappa shape index (κ1) is 11.5.